The number of rotatable bonds is 6. The number of thioether (sulfide) groups is 1. The van der Waals surface area contributed by atoms with Gasteiger partial charge in [0.05, 0.1) is 10.6 Å². The van der Waals surface area contributed by atoms with E-state index in [9.17, 15) is 14.0 Å². The molecule has 0 unspecified atom stereocenters. The van der Waals surface area contributed by atoms with Crippen LogP contribution in [-0.4, -0.2) is 27.7 Å². The second kappa shape index (κ2) is 9.84. The fraction of sp³-hybridized carbons (Fsp3) is 0.286. The zero-order chi connectivity index (χ0) is 21.8. The van der Waals surface area contributed by atoms with Crippen LogP contribution in [-0.2, 0) is 17.8 Å². The van der Waals surface area contributed by atoms with Crippen LogP contribution in [0.1, 0.15) is 23.2 Å². The molecule has 1 aliphatic heterocycles. The van der Waals surface area contributed by atoms with E-state index in [1.807, 2.05) is 30.3 Å². The summed E-state index contributed by atoms with van der Waals surface area (Å²) in [6.45, 7) is 1.44. The van der Waals surface area contributed by atoms with Crippen LogP contribution < -0.4 is 9.67 Å². The molecule has 0 N–H and O–H groups in total. The van der Waals surface area contributed by atoms with Gasteiger partial charge in [0.15, 0.2) is 0 Å². The van der Waals surface area contributed by atoms with Crippen molar-refractivity contribution in [1.82, 2.24) is 9.36 Å². The molecule has 2 aromatic carbocycles. The van der Waals surface area contributed by atoms with Crippen molar-refractivity contribution in [2.75, 3.05) is 12.4 Å². The predicted molar refractivity (Wildman–Crippen MR) is 120 cm³/mol. The highest BCUT2D eigenvalue weighted by Crippen LogP contribution is 2.27. The van der Waals surface area contributed by atoms with Crippen LogP contribution in [0, 0.1) is 5.82 Å². The Balaban J connectivity index is 1.51. The maximum Gasteiger partial charge on any atom is 0.339 e. The van der Waals surface area contributed by atoms with E-state index in [1.165, 1.54) is 6.07 Å². The summed E-state index contributed by atoms with van der Waals surface area (Å²) in [5.41, 5.74) is -0.0188. The SMILES string of the molecule is O=C(OCCSc1ccccc1)c1cc(/N=c2/sc(=O)n3n2CCCC3)c(F)cc1Cl. The minimum atomic E-state index is -0.669. The van der Waals surface area contributed by atoms with Crippen molar-refractivity contribution < 1.29 is 13.9 Å². The lowest BCUT2D eigenvalue weighted by Crippen LogP contribution is -2.31. The van der Waals surface area contributed by atoms with Gasteiger partial charge in [-0.2, -0.15) is 0 Å². The van der Waals surface area contributed by atoms with Crippen LogP contribution in [0.3, 0.4) is 0 Å². The molecule has 0 radical (unpaired) electrons. The lowest BCUT2D eigenvalue weighted by atomic mass is 10.2. The van der Waals surface area contributed by atoms with E-state index in [4.69, 9.17) is 16.3 Å². The van der Waals surface area contributed by atoms with E-state index in [-0.39, 0.29) is 27.8 Å². The van der Waals surface area contributed by atoms with Gasteiger partial charge in [0.25, 0.3) is 0 Å². The Morgan fingerprint density at radius 1 is 1.19 bits per heavy atom. The van der Waals surface area contributed by atoms with E-state index in [0.717, 1.165) is 35.1 Å². The Labute approximate surface area is 190 Å². The molecule has 0 amide bonds. The summed E-state index contributed by atoms with van der Waals surface area (Å²) < 4.78 is 23.2. The molecule has 10 heteroatoms. The number of halogens is 2. The molecule has 0 saturated heterocycles. The first-order valence-electron chi connectivity index (χ1n) is 9.72. The van der Waals surface area contributed by atoms with Crippen molar-refractivity contribution in [3.8, 4) is 0 Å². The molecule has 0 saturated carbocycles. The predicted octanol–water partition coefficient (Wildman–Crippen LogP) is 4.48. The number of benzene rings is 2. The quantitative estimate of drug-likeness (QED) is 0.297. The summed E-state index contributed by atoms with van der Waals surface area (Å²) >= 11 is 8.60. The lowest BCUT2D eigenvalue weighted by molar-refractivity contribution is 0.0530. The number of carbonyl (C=O) groups is 1. The molecule has 31 heavy (non-hydrogen) atoms. The van der Waals surface area contributed by atoms with E-state index in [1.54, 1.807) is 21.1 Å². The molecule has 4 rings (SSSR count). The van der Waals surface area contributed by atoms with E-state index in [0.29, 0.717) is 23.6 Å². The van der Waals surface area contributed by atoms with Crippen molar-refractivity contribution >= 4 is 46.4 Å². The second-order valence-corrected chi connectivity index (χ2v) is 9.29. The van der Waals surface area contributed by atoms with Crippen molar-refractivity contribution in [2.24, 2.45) is 4.99 Å². The van der Waals surface area contributed by atoms with Crippen molar-refractivity contribution in [1.29, 1.82) is 0 Å². The number of hydrogen-bond donors (Lipinski definition) is 0. The number of hydrogen-bond acceptors (Lipinski definition) is 6. The van der Waals surface area contributed by atoms with E-state index < -0.39 is 11.8 Å². The van der Waals surface area contributed by atoms with E-state index >= 15 is 0 Å². The summed E-state index contributed by atoms with van der Waals surface area (Å²) in [4.78, 5) is 30.3. The Morgan fingerprint density at radius 3 is 2.71 bits per heavy atom. The zero-order valence-electron chi connectivity index (χ0n) is 16.4. The molecule has 3 aromatic rings. The number of ether oxygens (including phenoxy) is 1. The van der Waals surface area contributed by atoms with Gasteiger partial charge in [0.2, 0.25) is 4.80 Å². The number of carbonyl (C=O) groups excluding carboxylic acids is 1. The summed E-state index contributed by atoms with van der Waals surface area (Å²) in [5.74, 6) is -0.736. The normalized spacial score (nSPS) is 13.8. The summed E-state index contributed by atoms with van der Waals surface area (Å²) in [6.07, 6.45) is 1.84. The topological polar surface area (TPSA) is 65.6 Å². The first-order chi connectivity index (χ1) is 15.0. The minimum Gasteiger partial charge on any atom is -0.461 e. The molecule has 162 valence electrons. The summed E-state index contributed by atoms with van der Waals surface area (Å²) in [5, 5.41) is -0.0445. The third-order valence-electron chi connectivity index (χ3n) is 4.69. The van der Waals surface area contributed by atoms with Gasteiger partial charge in [-0.05, 0) is 48.4 Å². The molecule has 0 atom stereocenters. The van der Waals surface area contributed by atoms with Crippen molar-refractivity contribution in [3.05, 3.63) is 73.3 Å². The largest absolute Gasteiger partial charge is 0.461 e. The minimum absolute atomic E-state index is 0.0388. The van der Waals surface area contributed by atoms with Crippen LogP contribution in [0.4, 0.5) is 10.1 Å². The van der Waals surface area contributed by atoms with E-state index in [2.05, 4.69) is 4.99 Å². The van der Waals surface area contributed by atoms with Gasteiger partial charge in [-0.25, -0.2) is 18.9 Å². The summed E-state index contributed by atoms with van der Waals surface area (Å²) in [6, 6.07) is 12.1. The maximum absolute atomic E-state index is 14.5. The Bertz CT molecular complexity index is 1220. The first-order valence-corrected chi connectivity index (χ1v) is 11.9. The molecule has 0 spiro atoms. The van der Waals surface area contributed by atoms with Crippen LogP contribution in [0.25, 0.3) is 0 Å². The molecule has 1 aromatic heterocycles. The highest BCUT2D eigenvalue weighted by atomic mass is 35.5. The van der Waals surface area contributed by atoms with Gasteiger partial charge in [-0.15, -0.1) is 11.8 Å². The highest BCUT2D eigenvalue weighted by Gasteiger charge is 2.18. The average Bonchev–Trinajstić information content (AvgIpc) is 3.09. The van der Waals surface area contributed by atoms with Gasteiger partial charge in [0, 0.05) is 23.7 Å². The third kappa shape index (κ3) is 5.11. The Kier molecular flexibility index (Phi) is 6.94. The number of aromatic nitrogens is 2. The second-order valence-electron chi connectivity index (χ2n) is 6.80. The van der Waals surface area contributed by atoms with Gasteiger partial charge >= 0.3 is 10.8 Å². The molecule has 1 aliphatic rings. The first kappa shape index (κ1) is 21.9. The average molecular weight is 480 g/mol. The lowest BCUT2D eigenvalue weighted by Gasteiger charge is -2.15. The van der Waals surface area contributed by atoms with Crippen molar-refractivity contribution in [2.45, 2.75) is 30.8 Å². The smallest absolute Gasteiger partial charge is 0.339 e. The monoisotopic (exact) mass is 479 g/mol. The molecule has 0 aliphatic carbocycles. The summed E-state index contributed by atoms with van der Waals surface area (Å²) in [7, 11) is 0. The van der Waals surface area contributed by atoms with Crippen LogP contribution in [0.15, 0.2) is 57.1 Å². The molecular formula is C21H19ClFN3O3S2. The van der Waals surface area contributed by atoms with Crippen LogP contribution in [0.2, 0.25) is 5.02 Å². The Hall–Kier alpha value is -2.36. The fourth-order valence-electron chi connectivity index (χ4n) is 3.19. The van der Waals surface area contributed by atoms with Gasteiger partial charge in [0.1, 0.15) is 18.1 Å². The van der Waals surface area contributed by atoms with Gasteiger partial charge in [-0.1, -0.05) is 29.8 Å². The molecule has 0 fully saturated rings. The fourth-order valence-corrected chi connectivity index (χ4v) is 5.06. The molecule has 2 heterocycles. The molecule has 0 bridgehead atoms. The number of nitrogens with zero attached hydrogens (tertiary/aromatic N) is 3. The number of fused-ring (bicyclic) bond motifs is 1. The van der Waals surface area contributed by atoms with Crippen LogP contribution in [0.5, 0.6) is 0 Å². The van der Waals surface area contributed by atoms with Crippen LogP contribution >= 0.6 is 34.7 Å². The van der Waals surface area contributed by atoms with Crippen molar-refractivity contribution in [3.63, 3.8) is 0 Å². The highest BCUT2D eigenvalue weighted by molar-refractivity contribution is 7.99. The molecular weight excluding hydrogens is 461 g/mol. The maximum atomic E-state index is 14.5. The molecule has 6 nitrogen and oxygen atoms in total. The van der Waals surface area contributed by atoms with Gasteiger partial charge < -0.3 is 4.74 Å². The number of esters is 1. The zero-order valence-corrected chi connectivity index (χ0v) is 18.8. The standard InChI is InChI=1S/C21H19ClFN3O3S2/c22-16-13-17(23)18(24-20-25-8-4-5-9-26(25)21(28)31-20)12-15(16)19(27)29-10-11-30-14-6-2-1-3-7-14/h1-3,6-7,12-13H,4-5,8-11H2/b24-20+. The van der Waals surface area contributed by atoms with Gasteiger partial charge in [-0.3, -0.25) is 9.48 Å². The Morgan fingerprint density at radius 2 is 1.94 bits per heavy atom. The third-order valence-corrected chi connectivity index (χ3v) is 6.85.